The molecular formula is C19H15FO3. The number of ether oxygens (including phenoxy) is 3. The van der Waals surface area contributed by atoms with Gasteiger partial charge in [-0.05, 0) is 42.0 Å². The summed E-state index contributed by atoms with van der Waals surface area (Å²) < 4.78 is 30.9. The van der Waals surface area contributed by atoms with E-state index in [-0.39, 0.29) is 5.82 Å². The lowest BCUT2D eigenvalue weighted by molar-refractivity contribution is -0.466. The van der Waals surface area contributed by atoms with Crippen molar-refractivity contribution in [3.8, 4) is 12.3 Å². The first kappa shape index (κ1) is 14.4. The molecule has 3 saturated heterocycles. The van der Waals surface area contributed by atoms with Crippen molar-refractivity contribution in [2.24, 2.45) is 0 Å². The standard InChI is InChI=1S/C19H15FO3/c1-2-14-3-5-16(6-4-14)19-21-11-18(12-22-19,13-23-19)15-7-9-17(20)10-8-15/h1,3-10H,11-13H2. The molecule has 116 valence electrons. The lowest BCUT2D eigenvalue weighted by atomic mass is 9.80. The van der Waals surface area contributed by atoms with Crippen LogP contribution in [0.15, 0.2) is 48.5 Å². The average molecular weight is 310 g/mol. The monoisotopic (exact) mass is 310 g/mol. The molecule has 3 aliphatic rings. The maximum atomic E-state index is 13.1. The minimum Gasteiger partial charge on any atom is -0.322 e. The Balaban J connectivity index is 1.60. The first-order valence-electron chi connectivity index (χ1n) is 7.41. The number of fused-ring (bicyclic) bond motifs is 3. The van der Waals surface area contributed by atoms with Gasteiger partial charge < -0.3 is 14.2 Å². The summed E-state index contributed by atoms with van der Waals surface area (Å²) in [5.74, 6) is 1.14. The summed E-state index contributed by atoms with van der Waals surface area (Å²) in [6, 6.07) is 13.8. The van der Waals surface area contributed by atoms with Gasteiger partial charge in [-0.3, -0.25) is 0 Å². The Morgan fingerprint density at radius 1 is 0.826 bits per heavy atom. The highest BCUT2D eigenvalue weighted by Gasteiger charge is 2.54. The molecule has 2 aromatic rings. The van der Waals surface area contributed by atoms with Crippen LogP contribution in [0.4, 0.5) is 4.39 Å². The Morgan fingerprint density at radius 2 is 1.35 bits per heavy atom. The molecule has 2 bridgehead atoms. The van der Waals surface area contributed by atoms with Crippen LogP contribution in [-0.4, -0.2) is 19.8 Å². The van der Waals surface area contributed by atoms with Crippen molar-refractivity contribution >= 4 is 0 Å². The van der Waals surface area contributed by atoms with Crippen molar-refractivity contribution in [1.29, 1.82) is 0 Å². The molecule has 0 amide bonds. The number of hydrogen-bond acceptors (Lipinski definition) is 3. The second kappa shape index (κ2) is 5.17. The second-order valence-electron chi connectivity index (χ2n) is 5.93. The maximum Gasteiger partial charge on any atom is 0.312 e. The Hall–Kier alpha value is -2.19. The molecule has 0 saturated carbocycles. The molecular weight excluding hydrogens is 295 g/mol. The van der Waals surface area contributed by atoms with Crippen molar-refractivity contribution in [1.82, 2.24) is 0 Å². The Labute approximate surface area is 134 Å². The summed E-state index contributed by atoms with van der Waals surface area (Å²) in [5, 5.41) is 0. The summed E-state index contributed by atoms with van der Waals surface area (Å²) in [6.07, 6.45) is 5.37. The van der Waals surface area contributed by atoms with Gasteiger partial charge in [-0.2, -0.15) is 0 Å². The number of rotatable bonds is 2. The van der Waals surface area contributed by atoms with Crippen molar-refractivity contribution in [2.45, 2.75) is 11.4 Å². The summed E-state index contributed by atoms with van der Waals surface area (Å²) in [6.45, 7) is 1.36. The zero-order chi connectivity index (χ0) is 15.9. The number of benzene rings is 2. The fraction of sp³-hybridized carbons (Fsp3) is 0.263. The molecule has 5 rings (SSSR count). The van der Waals surface area contributed by atoms with Crippen LogP contribution in [0.2, 0.25) is 0 Å². The normalized spacial score (nSPS) is 29.2. The molecule has 0 N–H and O–H groups in total. The summed E-state index contributed by atoms with van der Waals surface area (Å²) >= 11 is 0. The molecule has 0 unspecified atom stereocenters. The van der Waals surface area contributed by atoms with E-state index in [1.54, 1.807) is 12.1 Å². The fourth-order valence-corrected chi connectivity index (χ4v) is 3.02. The zero-order valence-corrected chi connectivity index (χ0v) is 12.4. The van der Waals surface area contributed by atoms with Gasteiger partial charge in [0.15, 0.2) is 0 Å². The molecule has 0 aliphatic carbocycles. The third kappa shape index (κ3) is 2.25. The number of halogens is 1. The van der Waals surface area contributed by atoms with Gasteiger partial charge in [-0.15, -0.1) is 6.42 Å². The van der Waals surface area contributed by atoms with E-state index in [0.717, 1.165) is 16.7 Å². The lowest BCUT2D eigenvalue weighted by Gasteiger charge is -2.52. The first-order chi connectivity index (χ1) is 11.2. The van der Waals surface area contributed by atoms with Crippen molar-refractivity contribution in [3.05, 3.63) is 71.0 Å². The van der Waals surface area contributed by atoms with Gasteiger partial charge in [0.05, 0.1) is 25.2 Å². The zero-order valence-electron chi connectivity index (χ0n) is 12.4. The smallest absolute Gasteiger partial charge is 0.312 e. The topological polar surface area (TPSA) is 27.7 Å². The van der Waals surface area contributed by atoms with Crippen LogP contribution in [0.3, 0.4) is 0 Å². The minimum atomic E-state index is -1.17. The van der Waals surface area contributed by atoms with Gasteiger partial charge in [0.1, 0.15) is 5.82 Å². The number of hydrogen-bond donors (Lipinski definition) is 0. The highest BCUT2D eigenvalue weighted by molar-refractivity contribution is 5.36. The third-order valence-electron chi connectivity index (χ3n) is 4.48. The molecule has 4 heteroatoms. The van der Waals surface area contributed by atoms with Crippen LogP contribution in [-0.2, 0) is 25.6 Å². The predicted octanol–water partition coefficient (Wildman–Crippen LogP) is 2.93. The molecule has 3 nitrogen and oxygen atoms in total. The molecule has 23 heavy (non-hydrogen) atoms. The van der Waals surface area contributed by atoms with E-state index in [4.69, 9.17) is 20.6 Å². The van der Waals surface area contributed by atoms with Crippen LogP contribution in [0.1, 0.15) is 16.7 Å². The molecule has 0 atom stereocenters. The van der Waals surface area contributed by atoms with Crippen LogP contribution >= 0.6 is 0 Å². The molecule has 0 radical (unpaired) electrons. The Morgan fingerprint density at radius 3 is 1.87 bits per heavy atom. The van der Waals surface area contributed by atoms with E-state index in [0.29, 0.717) is 19.8 Å². The van der Waals surface area contributed by atoms with Crippen LogP contribution in [0, 0.1) is 18.2 Å². The van der Waals surface area contributed by atoms with E-state index >= 15 is 0 Å². The third-order valence-corrected chi connectivity index (χ3v) is 4.48. The molecule has 0 spiro atoms. The minimum absolute atomic E-state index is 0.262. The van der Waals surface area contributed by atoms with Gasteiger partial charge >= 0.3 is 5.97 Å². The lowest BCUT2D eigenvalue weighted by Crippen LogP contribution is -2.60. The average Bonchev–Trinajstić information content (AvgIpc) is 2.64. The second-order valence-corrected chi connectivity index (χ2v) is 5.93. The quantitative estimate of drug-likeness (QED) is 0.798. The van der Waals surface area contributed by atoms with Gasteiger partial charge in [0.2, 0.25) is 0 Å². The van der Waals surface area contributed by atoms with E-state index in [1.165, 1.54) is 12.1 Å². The van der Waals surface area contributed by atoms with E-state index in [1.807, 2.05) is 24.3 Å². The first-order valence-corrected chi connectivity index (χ1v) is 7.41. The Bertz CT molecular complexity index is 734. The Kier molecular flexibility index (Phi) is 3.24. The van der Waals surface area contributed by atoms with Gasteiger partial charge in [-0.25, -0.2) is 4.39 Å². The van der Waals surface area contributed by atoms with Gasteiger partial charge in [0.25, 0.3) is 0 Å². The summed E-state index contributed by atoms with van der Waals surface area (Å²) in [4.78, 5) is 0. The van der Waals surface area contributed by atoms with E-state index in [9.17, 15) is 4.39 Å². The molecule has 0 aromatic heterocycles. The molecule has 3 fully saturated rings. The highest BCUT2D eigenvalue weighted by Crippen LogP contribution is 2.45. The van der Waals surface area contributed by atoms with E-state index in [2.05, 4.69) is 5.92 Å². The molecule has 2 aromatic carbocycles. The summed E-state index contributed by atoms with van der Waals surface area (Å²) in [5.41, 5.74) is 2.13. The van der Waals surface area contributed by atoms with E-state index < -0.39 is 11.4 Å². The molecule has 3 aliphatic heterocycles. The van der Waals surface area contributed by atoms with Crippen molar-refractivity contribution in [3.63, 3.8) is 0 Å². The highest BCUT2D eigenvalue weighted by atomic mass is 19.1. The summed E-state index contributed by atoms with van der Waals surface area (Å²) in [7, 11) is 0. The van der Waals surface area contributed by atoms with Crippen LogP contribution < -0.4 is 0 Å². The number of terminal acetylenes is 1. The maximum absolute atomic E-state index is 13.1. The van der Waals surface area contributed by atoms with Crippen molar-refractivity contribution < 1.29 is 18.6 Å². The van der Waals surface area contributed by atoms with Crippen molar-refractivity contribution in [2.75, 3.05) is 19.8 Å². The molecule has 3 heterocycles. The predicted molar refractivity (Wildman–Crippen MR) is 82.0 cm³/mol. The SMILES string of the molecule is C#Cc1ccc(C23OCC(c4ccc(F)cc4)(CO2)CO3)cc1. The fourth-order valence-electron chi connectivity index (χ4n) is 3.02. The van der Waals surface area contributed by atoms with Gasteiger partial charge in [-0.1, -0.05) is 18.1 Å². The van der Waals surface area contributed by atoms with Crippen LogP contribution in [0.5, 0.6) is 0 Å². The largest absolute Gasteiger partial charge is 0.322 e. The van der Waals surface area contributed by atoms with Crippen LogP contribution in [0.25, 0.3) is 0 Å². The van der Waals surface area contributed by atoms with Gasteiger partial charge in [0, 0.05) is 11.1 Å².